The predicted octanol–water partition coefficient (Wildman–Crippen LogP) is 4.67. The minimum atomic E-state index is -4.95. The van der Waals surface area contributed by atoms with Gasteiger partial charge < -0.3 is 0 Å². The van der Waals surface area contributed by atoms with Gasteiger partial charge in [0.1, 0.15) is 5.69 Å². The molecule has 1 heterocycles. The summed E-state index contributed by atoms with van der Waals surface area (Å²) >= 11 is 18.1. The number of halogens is 6. The molecule has 31 heavy (non-hydrogen) atoms. The molecular formula is C17H10Cl3F3N4O3S. The molecule has 0 saturated carbocycles. The van der Waals surface area contributed by atoms with Crippen molar-refractivity contribution in [3.8, 4) is 5.69 Å². The fourth-order valence-corrected chi connectivity index (χ4v) is 4.81. The van der Waals surface area contributed by atoms with E-state index in [0.717, 1.165) is 22.9 Å². The molecule has 1 amide bonds. The summed E-state index contributed by atoms with van der Waals surface area (Å²) in [5, 5.41) is 7.73. The summed E-state index contributed by atoms with van der Waals surface area (Å²) in [5.74, 6) is -1.29. The molecule has 14 heteroatoms. The monoisotopic (exact) mass is 512 g/mol. The van der Waals surface area contributed by atoms with E-state index in [1.807, 2.05) is 0 Å². The van der Waals surface area contributed by atoms with Crippen molar-refractivity contribution in [1.82, 2.24) is 19.7 Å². The lowest BCUT2D eigenvalue weighted by atomic mass is 10.2. The second kappa shape index (κ2) is 8.30. The molecule has 0 atom stereocenters. The summed E-state index contributed by atoms with van der Waals surface area (Å²) in [6, 6.07) is 6.17. The van der Waals surface area contributed by atoms with E-state index in [1.165, 1.54) is 19.1 Å². The van der Waals surface area contributed by atoms with Crippen molar-refractivity contribution in [2.24, 2.45) is 0 Å². The third-order valence-corrected chi connectivity index (χ3v) is 6.20. The Labute approximate surface area is 188 Å². The third-order valence-electron chi connectivity index (χ3n) is 4.01. The minimum absolute atomic E-state index is 0.0305. The van der Waals surface area contributed by atoms with Gasteiger partial charge in [-0.25, -0.2) is 17.8 Å². The number of amides is 1. The Bertz CT molecular complexity index is 1270. The van der Waals surface area contributed by atoms with Crippen molar-refractivity contribution < 1.29 is 26.4 Å². The number of hydrogen-bond donors (Lipinski definition) is 1. The molecule has 0 aliphatic carbocycles. The van der Waals surface area contributed by atoms with Crippen LogP contribution in [0.1, 0.15) is 21.7 Å². The lowest BCUT2D eigenvalue weighted by Gasteiger charge is -2.13. The van der Waals surface area contributed by atoms with Gasteiger partial charge in [0.15, 0.2) is 5.69 Å². The summed E-state index contributed by atoms with van der Waals surface area (Å²) < 4.78 is 67.1. The molecule has 1 aromatic heterocycles. The van der Waals surface area contributed by atoms with Gasteiger partial charge in [0.05, 0.1) is 26.2 Å². The molecule has 0 aliphatic heterocycles. The molecule has 0 saturated heterocycles. The number of sulfonamides is 1. The van der Waals surface area contributed by atoms with E-state index >= 15 is 0 Å². The van der Waals surface area contributed by atoms with Crippen LogP contribution < -0.4 is 4.72 Å². The largest absolute Gasteiger partial charge is 0.417 e. The lowest BCUT2D eigenvalue weighted by molar-refractivity contribution is -0.139. The molecule has 0 aliphatic rings. The van der Waals surface area contributed by atoms with Crippen LogP contribution in [0.3, 0.4) is 0 Å². The highest BCUT2D eigenvalue weighted by atomic mass is 35.5. The van der Waals surface area contributed by atoms with Crippen LogP contribution in [0.15, 0.2) is 41.3 Å². The third kappa shape index (κ3) is 4.64. The summed E-state index contributed by atoms with van der Waals surface area (Å²) in [6.45, 7) is 1.37. The quantitative estimate of drug-likeness (QED) is 0.547. The zero-order valence-electron chi connectivity index (χ0n) is 15.2. The van der Waals surface area contributed by atoms with E-state index in [-0.39, 0.29) is 26.4 Å². The Balaban J connectivity index is 1.98. The SMILES string of the molecule is Cc1c(C(=O)NS(=O)(=O)c2ccccc2C(F)(F)F)nnn1-c1c(Cl)cc(Cl)cc1Cl. The highest BCUT2D eigenvalue weighted by Crippen LogP contribution is 2.34. The number of carbonyl (C=O) groups is 1. The van der Waals surface area contributed by atoms with Crippen LogP contribution in [-0.4, -0.2) is 29.3 Å². The second-order valence-electron chi connectivity index (χ2n) is 6.08. The number of hydrogen-bond acceptors (Lipinski definition) is 5. The first-order valence-electron chi connectivity index (χ1n) is 8.13. The van der Waals surface area contributed by atoms with Crippen LogP contribution >= 0.6 is 34.8 Å². The molecular weight excluding hydrogens is 504 g/mol. The van der Waals surface area contributed by atoms with E-state index in [9.17, 15) is 26.4 Å². The van der Waals surface area contributed by atoms with Gasteiger partial charge >= 0.3 is 6.18 Å². The summed E-state index contributed by atoms with van der Waals surface area (Å²) in [6.07, 6.45) is -4.95. The van der Waals surface area contributed by atoms with E-state index in [2.05, 4.69) is 10.3 Å². The number of alkyl halides is 3. The molecule has 7 nitrogen and oxygen atoms in total. The summed E-state index contributed by atoms with van der Waals surface area (Å²) in [5.41, 5.74) is -1.73. The maximum Gasteiger partial charge on any atom is 0.417 e. The van der Waals surface area contributed by atoms with Gasteiger partial charge in [-0.1, -0.05) is 52.1 Å². The Hall–Kier alpha value is -2.34. The van der Waals surface area contributed by atoms with Gasteiger partial charge in [0.25, 0.3) is 15.9 Å². The zero-order valence-corrected chi connectivity index (χ0v) is 18.3. The van der Waals surface area contributed by atoms with Crippen molar-refractivity contribution in [3.63, 3.8) is 0 Å². The van der Waals surface area contributed by atoms with Crippen molar-refractivity contribution in [2.45, 2.75) is 18.0 Å². The van der Waals surface area contributed by atoms with Crippen LogP contribution in [0.5, 0.6) is 0 Å². The smallest absolute Gasteiger partial charge is 0.266 e. The summed E-state index contributed by atoms with van der Waals surface area (Å²) in [4.78, 5) is 11.4. The van der Waals surface area contributed by atoms with Gasteiger partial charge in [-0.2, -0.15) is 13.2 Å². The molecule has 0 fully saturated rings. The normalized spacial score (nSPS) is 12.1. The molecule has 1 N–H and O–H groups in total. The molecule has 3 aromatic rings. The predicted molar refractivity (Wildman–Crippen MR) is 107 cm³/mol. The molecule has 0 unspecified atom stereocenters. The average molecular weight is 514 g/mol. The van der Waals surface area contributed by atoms with Crippen LogP contribution in [0.2, 0.25) is 15.1 Å². The number of rotatable bonds is 4. The van der Waals surface area contributed by atoms with Crippen molar-refractivity contribution in [3.05, 3.63) is 68.4 Å². The number of aromatic nitrogens is 3. The van der Waals surface area contributed by atoms with E-state index < -0.39 is 38.3 Å². The number of nitrogens with zero attached hydrogens (tertiary/aromatic N) is 3. The second-order valence-corrected chi connectivity index (χ2v) is 8.98. The van der Waals surface area contributed by atoms with E-state index in [0.29, 0.717) is 6.07 Å². The first-order valence-corrected chi connectivity index (χ1v) is 10.7. The maximum absolute atomic E-state index is 13.2. The first kappa shape index (κ1) is 23.3. The average Bonchev–Trinajstić information content (AvgIpc) is 3.01. The van der Waals surface area contributed by atoms with Crippen molar-refractivity contribution >= 4 is 50.7 Å². The van der Waals surface area contributed by atoms with Crippen molar-refractivity contribution in [1.29, 1.82) is 0 Å². The Kier molecular flexibility index (Phi) is 6.25. The lowest BCUT2D eigenvalue weighted by Crippen LogP contribution is -2.32. The molecule has 3 rings (SSSR count). The standard InChI is InChI=1S/C17H10Cl3F3N4O3S/c1-8-14(24-26-27(8)15-11(19)6-9(18)7-12(15)20)16(28)25-31(29,30)13-5-3-2-4-10(13)17(21,22)23/h2-7H,1H3,(H,25,28). The number of carbonyl (C=O) groups excluding carboxylic acids is 1. The Morgan fingerprint density at radius 3 is 2.26 bits per heavy atom. The number of benzene rings is 2. The van der Waals surface area contributed by atoms with Gasteiger partial charge in [-0.05, 0) is 31.2 Å². The van der Waals surface area contributed by atoms with Gasteiger partial charge in [0, 0.05) is 5.02 Å². The topological polar surface area (TPSA) is 93.9 Å². The van der Waals surface area contributed by atoms with Gasteiger partial charge in [-0.15, -0.1) is 5.10 Å². The van der Waals surface area contributed by atoms with Crippen LogP contribution in [0.4, 0.5) is 13.2 Å². The minimum Gasteiger partial charge on any atom is -0.266 e. The van der Waals surface area contributed by atoms with Gasteiger partial charge in [-0.3, -0.25) is 4.79 Å². The molecule has 0 spiro atoms. The number of nitrogens with one attached hydrogen (secondary N) is 1. The molecule has 164 valence electrons. The fraction of sp³-hybridized carbons (Fsp3) is 0.118. The van der Waals surface area contributed by atoms with E-state index in [1.54, 1.807) is 4.72 Å². The summed E-state index contributed by atoms with van der Waals surface area (Å²) in [7, 11) is -4.88. The highest BCUT2D eigenvalue weighted by molar-refractivity contribution is 7.90. The van der Waals surface area contributed by atoms with Crippen LogP contribution in [0, 0.1) is 6.92 Å². The van der Waals surface area contributed by atoms with Gasteiger partial charge in [0.2, 0.25) is 0 Å². The fourth-order valence-electron chi connectivity index (χ4n) is 2.65. The van der Waals surface area contributed by atoms with Crippen LogP contribution in [-0.2, 0) is 16.2 Å². The van der Waals surface area contributed by atoms with E-state index in [4.69, 9.17) is 34.8 Å². The Morgan fingerprint density at radius 2 is 1.68 bits per heavy atom. The Morgan fingerprint density at radius 1 is 1.10 bits per heavy atom. The first-order chi connectivity index (χ1) is 14.3. The maximum atomic E-state index is 13.2. The molecule has 0 bridgehead atoms. The zero-order chi connectivity index (χ0) is 23.1. The molecule has 2 aromatic carbocycles. The highest BCUT2D eigenvalue weighted by Gasteiger charge is 2.37. The molecule has 0 radical (unpaired) electrons. The van der Waals surface area contributed by atoms with Crippen LogP contribution in [0.25, 0.3) is 5.69 Å². The van der Waals surface area contributed by atoms with Crippen molar-refractivity contribution in [2.75, 3.05) is 0 Å².